The van der Waals surface area contributed by atoms with Crippen LogP contribution in [0, 0.1) is 0 Å². The van der Waals surface area contributed by atoms with Crippen LogP contribution in [0.25, 0.3) is 0 Å². The van der Waals surface area contributed by atoms with E-state index in [1.807, 2.05) is 0 Å². The van der Waals surface area contributed by atoms with Crippen LogP contribution < -0.4 is 33.6 Å². The summed E-state index contributed by atoms with van der Waals surface area (Å²) in [6.07, 6.45) is 6.48. The average Bonchev–Trinajstić information content (AvgIpc) is 2.55. The van der Waals surface area contributed by atoms with E-state index in [1.165, 1.54) is 0 Å². The van der Waals surface area contributed by atoms with E-state index < -0.39 is 0 Å². The quantitative estimate of drug-likeness (QED) is 0.179. The Morgan fingerprint density at radius 3 is 1.32 bits per heavy atom. The lowest BCUT2D eigenvalue weighted by molar-refractivity contribution is 0.726. The Morgan fingerprint density at radius 2 is 0.960 bits per heavy atom. The summed E-state index contributed by atoms with van der Waals surface area (Å²) in [5, 5.41) is 5.38. The largest absolute Gasteiger partial charge is 0.370 e. The summed E-state index contributed by atoms with van der Waals surface area (Å²) in [7, 11) is 0. The molecule has 0 aromatic carbocycles. The Labute approximate surface area is 150 Å². The fraction of sp³-hybridized carbons (Fsp3) is 0.733. The second-order valence-electron chi connectivity index (χ2n) is 5.43. The van der Waals surface area contributed by atoms with Gasteiger partial charge in [-0.3, -0.25) is 20.6 Å². The fourth-order valence-corrected chi connectivity index (χ4v) is 1.73. The lowest BCUT2D eigenvalue weighted by Crippen LogP contribution is -2.42. The molecule has 0 aliphatic carbocycles. The van der Waals surface area contributed by atoms with Crippen molar-refractivity contribution in [3.63, 3.8) is 0 Å². The number of nitrogens with zero attached hydrogens (tertiary/aromatic N) is 4. The maximum Gasteiger partial charge on any atom is 0.197 e. The maximum atomic E-state index is 5.70. The Hall–Kier alpha value is -2.52. The third kappa shape index (κ3) is 14.8. The summed E-state index contributed by atoms with van der Waals surface area (Å²) in [5.74, 6) is 0.704. The molecule has 0 atom stereocenters. The van der Waals surface area contributed by atoms with Crippen LogP contribution in [0.1, 0.15) is 52.4 Å². The van der Waals surface area contributed by atoms with E-state index in [0.29, 0.717) is 13.1 Å². The van der Waals surface area contributed by atoms with Crippen LogP contribution in [0.5, 0.6) is 0 Å². The van der Waals surface area contributed by atoms with Crippen LogP contribution in [-0.2, 0) is 0 Å². The number of guanidine groups is 4. The Morgan fingerprint density at radius 1 is 0.600 bits per heavy atom. The van der Waals surface area contributed by atoms with Gasteiger partial charge in [-0.05, 0) is 12.8 Å². The van der Waals surface area contributed by atoms with Gasteiger partial charge < -0.3 is 22.9 Å². The summed E-state index contributed by atoms with van der Waals surface area (Å²) < 4.78 is 0. The minimum absolute atomic E-state index is 0.0316. The molecule has 25 heavy (non-hydrogen) atoms. The molecular weight excluding hydrogens is 320 g/mol. The smallest absolute Gasteiger partial charge is 0.197 e. The summed E-state index contributed by atoms with van der Waals surface area (Å²) >= 11 is 0. The van der Waals surface area contributed by atoms with Gasteiger partial charge in [-0.25, -0.2) is 9.98 Å². The molecule has 0 aromatic heterocycles. The molecule has 0 amide bonds. The van der Waals surface area contributed by atoms with Crippen LogP contribution in [0.2, 0.25) is 0 Å². The molecule has 144 valence electrons. The van der Waals surface area contributed by atoms with E-state index in [-0.39, 0.29) is 30.5 Å². The number of nitrogens with one attached hydrogen (secondary N) is 2. The Bertz CT molecular complexity index is 425. The Balaban J connectivity index is 4.17. The number of nitrogens with two attached hydrogens (primary N) is 4. The molecule has 0 aliphatic heterocycles. The molecule has 0 saturated heterocycles. The molecule has 0 fully saturated rings. The summed E-state index contributed by atoms with van der Waals surface area (Å²) in [5.41, 5.74) is 22.8. The van der Waals surface area contributed by atoms with Gasteiger partial charge in [-0.2, -0.15) is 0 Å². The van der Waals surface area contributed by atoms with Crippen molar-refractivity contribution in [1.29, 1.82) is 0 Å². The zero-order valence-electron chi connectivity index (χ0n) is 15.5. The van der Waals surface area contributed by atoms with Gasteiger partial charge in [-0.15, -0.1) is 0 Å². The number of rotatable bonds is 10. The molecule has 0 spiro atoms. The first-order chi connectivity index (χ1) is 12.0. The number of hydrogen-bond acceptors (Lipinski definition) is 4. The highest BCUT2D eigenvalue weighted by Crippen LogP contribution is 1.93. The standard InChI is InChI=1S/C15H34N10/c1-3-5-7-9-20-12(16)24-14(18)22-11-23-15(19)25-13(17)21-10-8-6-4-2/h3-11H2,1-2H3,(H5,16,18,20,22,24)(H5,17,19,21,23,25). The first-order valence-corrected chi connectivity index (χ1v) is 8.73. The van der Waals surface area contributed by atoms with Crippen molar-refractivity contribution >= 4 is 23.8 Å². The van der Waals surface area contributed by atoms with Crippen molar-refractivity contribution < 1.29 is 0 Å². The van der Waals surface area contributed by atoms with Gasteiger partial charge in [0.1, 0.15) is 6.67 Å². The highest BCUT2D eigenvalue weighted by molar-refractivity contribution is 5.98. The molecule has 10 N–H and O–H groups in total. The normalized spacial score (nSPS) is 13.8. The van der Waals surface area contributed by atoms with Crippen LogP contribution in [0.4, 0.5) is 0 Å². The predicted molar refractivity (Wildman–Crippen MR) is 106 cm³/mol. The topological polar surface area (TPSA) is 178 Å². The van der Waals surface area contributed by atoms with E-state index in [4.69, 9.17) is 22.9 Å². The van der Waals surface area contributed by atoms with Gasteiger partial charge in [0.2, 0.25) is 0 Å². The van der Waals surface area contributed by atoms with Crippen LogP contribution in [0.15, 0.2) is 20.0 Å². The second kappa shape index (κ2) is 15.0. The lowest BCUT2D eigenvalue weighted by Gasteiger charge is -2.05. The minimum atomic E-state index is 0.0316. The van der Waals surface area contributed by atoms with Gasteiger partial charge in [0.05, 0.1) is 0 Å². The molecule has 10 heteroatoms. The zero-order chi connectivity index (χ0) is 18.9. The van der Waals surface area contributed by atoms with Crippen LogP contribution >= 0.6 is 0 Å². The van der Waals surface area contributed by atoms with Crippen molar-refractivity contribution in [2.75, 3.05) is 19.8 Å². The average molecular weight is 355 g/mol. The predicted octanol–water partition coefficient (Wildman–Crippen LogP) is -0.238. The minimum Gasteiger partial charge on any atom is -0.370 e. The van der Waals surface area contributed by atoms with Gasteiger partial charge in [-0.1, -0.05) is 39.5 Å². The highest BCUT2D eigenvalue weighted by atomic mass is 15.2. The van der Waals surface area contributed by atoms with E-state index in [0.717, 1.165) is 38.5 Å². The molecule has 0 heterocycles. The van der Waals surface area contributed by atoms with E-state index in [9.17, 15) is 0 Å². The van der Waals surface area contributed by atoms with Gasteiger partial charge >= 0.3 is 0 Å². The van der Waals surface area contributed by atoms with Crippen molar-refractivity contribution in [3.05, 3.63) is 0 Å². The molecular formula is C15H34N10. The van der Waals surface area contributed by atoms with E-state index in [1.54, 1.807) is 0 Å². The second-order valence-corrected chi connectivity index (χ2v) is 5.43. The monoisotopic (exact) mass is 354 g/mol. The molecule has 0 unspecified atom stereocenters. The van der Waals surface area contributed by atoms with Crippen molar-refractivity contribution in [1.82, 2.24) is 10.6 Å². The summed E-state index contributed by atoms with van der Waals surface area (Å²) in [4.78, 5) is 16.2. The van der Waals surface area contributed by atoms with E-state index >= 15 is 0 Å². The zero-order valence-corrected chi connectivity index (χ0v) is 15.5. The van der Waals surface area contributed by atoms with Gasteiger partial charge in [0.25, 0.3) is 0 Å². The summed E-state index contributed by atoms with van der Waals surface area (Å²) in [6, 6.07) is 0. The molecule has 0 saturated carbocycles. The first kappa shape index (κ1) is 22.5. The number of aliphatic imine (C=N–C) groups is 4. The van der Waals surface area contributed by atoms with Crippen molar-refractivity contribution in [2.45, 2.75) is 52.4 Å². The third-order valence-electron chi connectivity index (χ3n) is 3.08. The number of unbranched alkanes of at least 4 members (excludes halogenated alkanes) is 4. The van der Waals surface area contributed by atoms with Crippen molar-refractivity contribution in [3.8, 4) is 0 Å². The SMILES string of the molecule is CCCCCN=C(N)N/C(N)=N/C/N=C(\N)NC(N)=NCCCCC. The molecule has 0 radical (unpaired) electrons. The Kier molecular flexibility index (Phi) is 13.5. The van der Waals surface area contributed by atoms with Gasteiger partial charge in [0.15, 0.2) is 23.8 Å². The van der Waals surface area contributed by atoms with Crippen LogP contribution in [0.3, 0.4) is 0 Å². The molecule has 0 aromatic rings. The molecule has 0 rings (SSSR count). The molecule has 10 nitrogen and oxygen atoms in total. The van der Waals surface area contributed by atoms with E-state index in [2.05, 4.69) is 44.5 Å². The molecule has 0 bridgehead atoms. The number of hydrogen-bond donors (Lipinski definition) is 6. The summed E-state index contributed by atoms with van der Waals surface area (Å²) in [6.45, 7) is 5.60. The third-order valence-corrected chi connectivity index (χ3v) is 3.08. The van der Waals surface area contributed by atoms with Crippen LogP contribution in [-0.4, -0.2) is 43.6 Å². The fourth-order valence-electron chi connectivity index (χ4n) is 1.73. The van der Waals surface area contributed by atoms with Gasteiger partial charge in [0, 0.05) is 13.1 Å². The van der Waals surface area contributed by atoms with Crippen molar-refractivity contribution in [2.24, 2.45) is 42.9 Å². The maximum absolute atomic E-state index is 5.70. The molecule has 0 aliphatic rings. The highest BCUT2D eigenvalue weighted by Gasteiger charge is 1.96. The lowest BCUT2D eigenvalue weighted by atomic mass is 10.2. The first-order valence-electron chi connectivity index (χ1n) is 8.73.